The van der Waals surface area contributed by atoms with Crippen molar-refractivity contribution in [1.82, 2.24) is 10.2 Å². The Morgan fingerprint density at radius 1 is 1.06 bits per heavy atom. The van der Waals surface area contributed by atoms with E-state index in [1.165, 1.54) is 11.0 Å². The van der Waals surface area contributed by atoms with Gasteiger partial charge in [0.25, 0.3) is 5.91 Å². The van der Waals surface area contributed by atoms with Gasteiger partial charge in [-0.15, -0.1) is 0 Å². The Morgan fingerprint density at radius 3 is 2.41 bits per heavy atom. The molecule has 1 fully saturated rings. The molecule has 2 unspecified atom stereocenters. The molecule has 2 aromatic carbocycles. The van der Waals surface area contributed by atoms with E-state index in [-0.39, 0.29) is 38.5 Å². The van der Waals surface area contributed by atoms with Gasteiger partial charge in [-0.2, -0.15) is 0 Å². The summed E-state index contributed by atoms with van der Waals surface area (Å²) in [6.07, 6.45) is 0.546. The fourth-order valence-corrected chi connectivity index (χ4v) is 3.93. The number of hydrogen-bond acceptors (Lipinski definition) is 5. The summed E-state index contributed by atoms with van der Waals surface area (Å²) in [7, 11) is 0. The molecule has 1 aliphatic heterocycles. The summed E-state index contributed by atoms with van der Waals surface area (Å²) in [6.45, 7) is 0.0656. The molecule has 0 spiro atoms. The molecule has 2 amide bonds. The Kier molecular flexibility index (Phi) is 9.27. The number of rotatable bonds is 10. The van der Waals surface area contributed by atoms with Gasteiger partial charge in [0.1, 0.15) is 17.5 Å². The molecule has 0 aromatic heterocycles. The van der Waals surface area contributed by atoms with Gasteiger partial charge in [0.05, 0.1) is 16.7 Å². The lowest BCUT2D eigenvalue weighted by atomic mass is 10.0. The Labute approximate surface area is 211 Å². The fraction of sp³-hybridized carbons (Fsp3) is 0.348. The molecule has 2 aromatic rings. The minimum Gasteiger partial charge on any atom is -0.493 e. The van der Waals surface area contributed by atoms with Gasteiger partial charge in [-0.25, -0.2) is 4.79 Å². The van der Waals surface area contributed by atoms with E-state index >= 15 is 0 Å². The van der Waals surface area contributed by atoms with Crippen molar-refractivity contribution in [2.24, 2.45) is 0 Å². The Hall–Kier alpha value is -2.68. The number of carboxylic acid groups (broad SMARTS) is 1. The number of nitrogens with one attached hydrogen (secondary N) is 1. The number of likely N-dealkylation sites (tertiary alicyclic amines) is 1. The van der Waals surface area contributed by atoms with Crippen LogP contribution in [0, 0.1) is 0 Å². The highest BCUT2D eigenvalue weighted by Gasteiger charge is 2.35. The zero-order chi connectivity index (χ0) is 24.7. The molecule has 182 valence electrons. The van der Waals surface area contributed by atoms with Crippen LogP contribution >= 0.6 is 34.8 Å². The molecule has 2 atom stereocenters. The second kappa shape index (κ2) is 12.1. The number of piperidine rings is 1. The SMILES string of the molecule is O=C(COc1ccc(Cl)c(Cl)c1)NC1CCN(C(CCOc2ccc(Cl)cc2)C(=O)O)C(=O)C1. The van der Waals surface area contributed by atoms with Crippen molar-refractivity contribution in [3.63, 3.8) is 0 Å². The standard InChI is InChI=1S/C23H23Cl3N2O6/c24-14-1-3-16(4-2-14)33-10-8-20(23(31)32)28-9-7-15(11-22(28)30)27-21(29)13-34-17-5-6-18(25)19(26)12-17/h1-6,12,15,20H,7-11,13H2,(H,27,29)(H,31,32). The van der Waals surface area contributed by atoms with Crippen LogP contribution in [-0.2, 0) is 14.4 Å². The number of nitrogens with zero attached hydrogens (tertiary/aromatic N) is 1. The smallest absolute Gasteiger partial charge is 0.326 e. The van der Waals surface area contributed by atoms with E-state index < -0.39 is 24.0 Å². The number of aliphatic carboxylic acids is 1. The largest absolute Gasteiger partial charge is 0.493 e. The maximum absolute atomic E-state index is 12.6. The van der Waals surface area contributed by atoms with Gasteiger partial charge in [-0.05, 0) is 42.8 Å². The summed E-state index contributed by atoms with van der Waals surface area (Å²) in [5.41, 5.74) is 0. The van der Waals surface area contributed by atoms with Gasteiger partial charge in [-0.3, -0.25) is 9.59 Å². The summed E-state index contributed by atoms with van der Waals surface area (Å²) < 4.78 is 11.0. The maximum Gasteiger partial charge on any atom is 0.326 e. The lowest BCUT2D eigenvalue weighted by molar-refractivity contribution is -0.152. The summed E-state index contributed by atoms with van der Waals surface area (Å²) in [4.78, 5) is 38.0. The summed E-state index contributed by atoms with van der Waals surface area (Å²) >= 11 is 17.6. The lowest BCUT2D eigenvalue weighted by Gasteiger charge is -2.35. The number of carbonyl (C=O) groups is 3. The highest BCUT2D eigenvalue weighted by atomic mass is 35.5. The molecule has 11 heteroatoms. The Morgan fingerprint density at radius 2 is 1.76 bits per heavy atom. The van der Waals surface area contributed by atoms with Crippen LogP contribution in [0.1, 0.15) is 19.3 Å². The zero-order valence-corrected chi connectivity index (χ0v) is 20.3. The number of amides is 2. The van der Waals surface area contributed by atoms with Crippen LogP contribution in [0.4, 0.5) is 0 Å². The van der Waals surface area contributed by atoms with Gasteiger partial charge in [0.15, 0.2) is 6.61 Å². The zero-order valence-electron chi connectivity index (χ0n) is 18.0. The van der Waals surface area contributed by atoms with Crippen LogP contribution in [0.15, 0.2) is 42.5 Å². The minimum atomic E-state index is -1.11. The van der Waals surface area contributed by atoms with Crippen molar-refractivity contribution < 1.29 is 29.0 Å². The van der Waals surface area contributed by atoms with E-state index in [9.17, 15) is 19.5 Å². The highest BCUT2D eigenvalue weighted by Crippen LogP contribution is 2.26. The topological polar surface area (TPSA) is 105 Å². The molecule has 34 heavy (non-hydrogen) atoms. The van der Waals surface area contributed by atoms with Gasteiger partial charge in [0.2, 0.25) is 5.91 Å². The number of halogens is 3. The molecule has 0 aliphatic carbocycles. The van der Waals surface area contributed by atoms with Crippen molar-refractivity contribution >= 4 is 52.6 Å². The van der Waals surface area contributed by atoms with E-state index in [0.29, 0.717) is 33.0 Å². The molecule has 0 saturated carbocycles. The molecular formula is C23H23Cl3N2O6. The molecule has 8 nitrogen and oxygen atoms in total. The van der Waals surface area contributed by atoms with Crippen molar-refractivity contribution in [1.29, 1.82) is 0 Å². The number of carboxylic acids is 1. The average molecular weight is 530 g/mol. The number of carbonyl (C=O) groups excluding carboxylic acids is 2. The van der Waals surface area contributed by atoms with Crippen LogP contribution in [0.2, 0.25) is 15.1 Å². The van der Waals surface area contributed by atoms with Gasteiger partial charge in [-0.1, -0.05) is 34.8 Å². The molecular weight excluding hydrogens is 507 g/mol. The van der Waals surface area contributed by atoms with E-state index in [4.69, 9.17) is 44.3 Å². The molecule has 0 radical (unpaired) electrons. The van der Waals surface area contributed by atoms with Crippen LogP contribution in [-0.4, -0.2) is 59.6 Å². The summed E-state index contributed by atoms with van der Waals surface area (Å²) in [5.74, 6) is -0.903. The monoisotopic (exact) mass is 528 g/mol. The van der Waals surface area contributed by atoms with Crippen LogP contribution in [0.25, 0.3) is 0 Å². The molecule has 3 rings (SSSR count). The minimum absolute atomic E-state index is 0.000332. The Bertz CT molecular complexity index is 1030. The van der Waals surface area contributed by atoms with Crippen LogP contribution in [0.5, 0.6) is 11.5 Å². The summed E-state index contributed by atoms with van der Waals surface area (Å²) in [5, 5.41) is 13.6. The third kappa shape index (κ3) is 7.41. The molecule has 1 saturated heterocycles. The van der Waals surface area contributed by atoms with Crippen molar-refractivity contribution in [2.75, 3.05) is 19.8 Å². The first-order valence-corrected chi connectivity index (χ1v) is 11.6. The molecule has 1 aliphatic rings. The molecule has 1 heterocycles. The molecule has 0 bridgehead atoms. The molecule has 2 N–H and O–H groups in total. The van der Waals surface area contributed by atoms with E-state index in [2.05, 4.69) is 5.32 Å². The third-order valence-electron chi connectivity index (χ3n) is 5.22. The van der Waals surface area contributed by atoms with Gasteiger partial charge < -0.3 is 24.8 Å². The lowest BCUT2D eigenvalue weighted by Crippen LogP contribution is -2.54. The van der Waals surface area contributed by atoms with Crippen molar-refractivity contribution in [3.05, 3.63) is 57.5 Å². The van der Waals surface area contributed by atoms with E-state index in [1.807, 2.05) is 0 Å². The first-order chi connectivity index (χ1) is 16.2. The number of ether oxygens (including phenoxy) is 2. The average Bonchev–Trinajstić information content (AvgIpc) is 2.79. The second-order valence-corrected chi connectivity index (χ2v) is 8.90. The Balaban J connectivity index is 1.45. The second-order valence-electron chi connectivity index (χ2n) is 7.65. The van der Waals surface area contributed by atoms with E-state index in [0.717, 1.165) is 0 Å². The van der Waals surface area contributed by atoms with Crippen molar-refractivity contribution in [2.45, 2.75) is 31.3 Å². The normalized spacial score (nSPS) is 16.6. The van der Waals surface area contributed by atoms with Crippen LogP contribution < -0.4 is 14.8 Å². The first-order valence-electron chi connectivity index (χ1n) is 10.5. The predicted molar refractivity (Wildman–Crippen MR) is 128 cm³/mol. The number of benzene rings is 2. The summed E-state index contributed by atoms with van der Waals surface area (Å²) in [6, 6.07) is 9.93. The van der Waals surface area contributed by atoms with E-state index in [1.54, 1.807) is 36.4 Å². The third-order valence-corrected chi connectivity index (χ3v) is 6.21. The number of hydrogen-bond donors (Lipinski definition) is 2. The quantitative estimate of drug-likeness (QED) is 0.481. The predicted octanol–water partition coefficient (Wildman–Crippen LogP) is 4.06. The van der Waals surface area contributed by atoms with Crippen LogP contribution in [0.3, 0.4) is 0 Å². The fourth-order valence-electron chi connectivity index (χ4n) is 3.52. The van der Waals surface area contributed by atoms with Gasteiger partial charge in [0, 0.05) is 36.5 Å². The van der Waals surface area contributed by atoms with Crippen molar-refractivity contribution in [3.8, 4) is 11.5 Å². The first kappa shape index (κ1) is 25.9. The maximum atomic E-state index is 12.6. The van der Waals surface area contributed by atoms with Gasteiger partial charge >= 0.3 is 5.97 Å². The highest BCUT2D eigenvalue weighted by molar-refractivity contribution is 6.42.